The van der Waals surface area contributed by atoms with Crippen LogP contribution in [0.25, 0.3) is 0 Å². The van der Waals surface area contributed by atoms with E-state index in [1.807, 2.05) is 13.1 Å². The maximum atomic E-state index is 3.27. The van der Waals surface area contributed by atoms with Crippen molar-refractivity contribution >= 4 is 12.4 Å². The Labute approximate surface area is 80.6 Å². The van der Waals surface area contributed by atoms with Crippen LogP contribution < -0.4 is 5.32 Å². The van der Waals surface area contributed by atoms with Crippen molar-refractivity contribution in [2.45, 2.75) is 19.4 Å². The molecule has 0 heterocycles. The zero-order chi connectivity index (χ0) is 8.10. The van der Waals surface area contributed by atoms with Crippen LogP contribution in [0, 0.1) is 0 Å². The number of rotatable bonds is 3. The smallest absolute Gasteiger partial charge is 0.0314 e. The maximum Gasteiger partial charge on any atom is 0.0314 e. The third-order valence-electron chi connectivity index (χ3n) is 1.96. The Bertz CT molecular complexity index is 194. The minimum atomic E-state index is 0. The zero-order valence-corrected chi connectivity index (χ0v) is 8.40. The van der Waals surface area contributed by atoms with E-state index in [-0.39, 0.29) is 12.4 Å². The topological polar surface area (TPSA) is 12.0 Å². The molecule has 0 amide bonds. The van der Waals surface area contributed by atoms with Gasteiger partial charge in [-0.15, -0.1) is 12.4 Å². The van der Waals surface area contributed by atoms with Gasteiger partial charge < -0.3 is 5.32 Å². The highest BCUT2D eigenvalue weighted by atomic mass is 35.5. The van der Waals surface area contributed by atoms with Gasteiger partial charge in [0.05, 0.1) is 0 Å². The summed E-state index contributed by atoms with van der Waals surface area (Å²) >= 11 is 0. The molecule has 0 aliphatic heterocycles. The van der Waals surface area contributed by atoms with Gasteiger partial charge in [0.15, 0.2) is 0 Å². The zero-order valence-electron chi connectivity index (χ0n) is 7.58. The molecule has 0 radical (unpaired) electrons. The van der Waals surface area contributed by atoms with Gasteiger partial charge in [0.25, 0.3) is 0 Å². The van der Waals surface area contributed by atoms with Crippen LogP contribution in [0.15, 0.2) is 30.3 Å². The van der Waals surface area contributed by atoms with E-state index in [0.29, 0.717) is 6.04 Å². The van der Waals surface area contributed by atoms with Gasteiger partial charge in [0.2, 0.25) is 0 Å². The monoisotopic (exact) mass is 185 g/mol. The quantitative estimate of drug-likeness (QED) is 0.764. The highest BCUT2D eigenvalue weighted by Gasteiger charge is 2.03. The molecule has 0 aliphatic carbocycles. The fourth-order valence-corrected chi connectivity index (χ4v) is 1.29. The molecule has 12 heavy (non-hydrogen) atoms. The van der Waals surface area contributed by atoms with Crippen molar-refractivity contribution in [1.82, 2.24) is 5.32 Å². The molecule has 0 fully saturated rings. The second-order valence-corrected chi connectivity index (χ2v) is 2.66. The molecular weight excluding hydrogens is 170 g/mol. The fraction of sp³-hybridized carbons (Fsp3) is 0.400. The number of hydrogen-bond donors (Lipinski definition) is 1. The lowest BCUT2D eigenvalue weighted by Gasteiger charge is -2.13. The Morgan fingerprint density at radius 1 is 1.25 bits per heavy atom. The fourth-order valence-electron chi connectivity index (χ4n) is 1.29. The van der Waals surface area contributed by atoms with E-state index in [9.17, 15) is 0 Å². The van der Waals surface area contributed by atoms with E-state index in [1.54, 1.807) is 0 Å². The first-order valence-electron chi connectivity index (χ1n) is 4.10. The Morgan fingerprint density at radius 3 is 2.25 bits per heavy atom. The molecule has 1 rings (SSSR count). The summed E-state index contributed by atoms with van der Waals surface area (Å²) in [6, 6.07) is 11.0. The normalized spacial score (nSPS) is 11.8. The van der Waals surface area contributed by atoms with Crippen molar-refractivity contribution in [3.8, 4) is 0 Å². The number of hydrogen-bond acceptors (Lipinski definition) is 1. The SMILES string of the molecule is CCC(NC)c1ccccc1.Cl. The van der Waals surface area contributed by atoms with Gasteiger partial charge in [-0.1, -0.05) is 37.3 Å². The number of halogens is 1. The largest absolute Gasteiger partial charge is 0.313 e. The average Bonchev–Trinajstić information content (AvgIpc) is 2.09. The highest BCUT2D eigenvalue weighted by Crippen LogP contribution is 2.14. The molecule has 2 heteroatoms. The molecular formula is C10H16ClN. The third kappa shape index (κ3) is 2.84. The minimum absolute atomic E-state index is 0. The van der Waals surface area contributed by atoms with Crippen molar-refractivity contribution in [1.29, 1.82) is 0 Å². The van der Waals surface area contributed by atoms with Crippen LogP contribution in [-0.2, 0) is 0 Å². The molecule has 0 aromatic heterocycles. The molecule has 1 aromatic rings. The lowest BCUT2D eigenvalue weighted by atomic mass is 10.1. The van der Waals surface area contributed by atoms with Crippen molar-refractivity contribution in [3.63, 3.8) is 0 Å². The van der Waals surface area contributed by atoms with Gasteiger partial charge in [0, 0.05) is 6.04 Å². The summed E-state index contributed by atoms with van der Waals surface area (Å²) in [5, 5.41) is 3.27. The molecule has 1 N–H and O–H groups in total. The van der Waals surface area contributed by atoms with Gasteiger partial charge in [-0.05, 0) is 19.0 Å². The number of nitrogens with one attached hydrogen (secondary N) is 1. The molecule has 0 saturated carbocycles. The molecule has 1 unspecified atom stereocenters. The van der Waals surface area contributed by atoms with Gasteiger partial charge in [-0.2, -0.15) is 0 Å². The van der Waals surface area contributed by atoms with E-state index in [0.717, 1.165) is 6.42 Å². The van der Waals surface area contributed by atoms with Crippen LogP contribution in [0.3, 0.4) is 0 Å². The Balaban J connectivity index is 0.00000121. The van der Waals surface area contributed by atoms with Gasteiger partial charge in [0.1, 0.15) is 0 Å². The van der Waals surface area contributed by atoms with E-state index >= 15 is 0 Å². The maximum absolute atomic E-state index is 3.27. The van der Waals surface area contributed by atoms with Gasteiger partial charge in [-0.3, -0.25) is 0 Å². The third-order valence-corrected chi connectivity index (χ3v) is 1.96. The van der Waals surface area contributed by atoms with E-state index in [2.05, 4.69) is 36.5 Å². The van der Waals surface area contributed by atoms with Crippen LogP contribution >= 0.6 is 12.4 Å². The Hall–Kier alpha value is -0.530. The summed E-state index contributed by atoms with van der Waals surface area (Å²) in [6.45, 7) is 2.19. The minimum Gasteiger partial charge on any atom is -0.313 e. The van der Waals surface area contributed by atoms with Gasteiger partial charge in [-0.25, -0.2) is 0 Å². The van der Waals surface area contributed by atoms with Crippen molar-refractivity contribution in [2.24, 2.45) is 0 Å². The lowest BCUT2D eigenvalue weighted by molar-refractivity contribution is 0.577. The summed E-state index contributed by atoms with van der Waals surface area (Å²) in [4.78, 5) is 0. The van der Waals surface area contributed by atoms with Crippen LogP contribution in [0.1, 0.15) is 24.9 Å². The van der Waals surface area contributed by atoms with E-state index in [1.165, 1.54) is 5.56 Å². The lowest BCUT2D eigenvalue weighted by Crippen LogP contribution is -2.14. The highest BCUT2D eigenvalue weighted by molar-refractivity contribution is 5.85. The van der Waals surface area contributed by atoms with E-state index in [4.69, 9.17) is 0 Å². The number of benzene rings is 1. The van der Waals surface area contributed by atoms with Crippen LogP contribution in [-0.4, -0.2) is 7.05 Å². The molecule has 0 bridgehead atoms. The molecule has 1 nitrogen and oxygen atoms in total. The van der Waals surface area contributed by atoms with Crippen molar-refractivity contribution in [2.75, 3.05) is 7.05 Å². The average molecular weight is 186 g/mol. The standard InChI is InChI=1S/C10H15N.ClH/c1-3-10(11-2)9-7-5-4-6-8-9;/h4-8,10-11H,3H2,1-2H3;1H. The molecule has 1 aromatic carbocycles. The summed E-state index contributed by atoms with van der Waals surface area (Å²) < 4.78 is 0. The van der Waals surface area contributed by atoms with Crippen LogP contribution in [0.4, 0.5) is 0 Å². The van der Waals surface area contributed by atoms with Gasteiger partial charge >= 0.3 is 0 Å². The first-order valence-corrected chi connectivity index (χ1v) is 4.10. The first-order chi connectivity index (χ1) is 5.38. The molecule has 0 aliphatic rings. The van der Waals surface area contributed by atoms with Crippen molar-refractivity contribution in [3.05, 3.63) is 35.9 Å². The molecule has 0 spiro atoms. The molecule has 68 valence electrons. The summed E-state index contributed by atoms with van der Waals surface area (Å²) in [7, 11) is 2.00. The summed E-state index contributed by atoms with van der Waals surface area (Å²) in [5.41, 5.74) is 1.37. The Kier molecular flexibility index (Phi) is 5.77. The summed E-state index contributed by atoms with van der Waals surface area (Å²) in [5.74, 6) is 0. The predicted molar refractivity (Wildman–Crippen MR) is 55.8 cm³/mol. The van der Waals surface area contributed by atoms with Crippen LogP contribution in [0.2, 0.25) is 0 Å². The Morgan fingerprint density at radius 2 is 1.83 bits per heavy atom. The second-order valence-electron chi connectivity index (χ2n) is 2.66. The van der Waals surface area contributed by atoms with E-state index < -0.39 is 0 Å². The summed E-state index contributed by atoms with van der Waals surface area (Å²) in [6.07, 6.45) is 1.14. The van der Waals surface area contributed by atoms with Crippen molar-refractivity contribution < 1.29 is 0 Å². The molecule has 0 saturated heterocycles. The van der Waals surface area contributed by atoms with Crippen LogP contribution in [0.5, 0.6) is 0 Å². The first kappa shape index (κ1) is 11.5. The predicted octanol–water partition coefficient (Wildman–Crippen LogP) is 2.78. The molecule has 1 atom stereocenters. The second kappa shape index (κ2) is 6.04.